The Morgan fingerprint density at radius 2 is 1.97 bits per heavy atom. The molecule has 0 spiro atoms. The predicted molar refractivity (Wildman–Crippen MR) is 110 cm³/mol. The predicted octanol–water partition coefficient (Wildman–Crippen LogP) is 4.40. The van der Waals surface area contributed by atoms with Crippen molar-refractivity contribution in [1.29, 1.82) is 0 Å². The van der Waals surface area contributed by atoms with Gasteiger partial charge in [-0.15, -0.1) is 11.6 Å². The quantitative estimate of drug-likeness (QED) is 0.633. The molecule has 1 aliphatic carbocycles. The second kappa shape index (κ2) is 9.32. The number of imide groups is 1. The Bertz CT molecular complexity index is 962. The minimum atomic E-state index is -4.58. The minimum Gasteiger partial charge on any atom is -0.350 e. The molecule has 3 rings (SSSR count). The molecule has 2 N–H and O–H groups in total. The number of amides is 4. The van der Waals surface area contributed by atoms with E-state index in [1.165, 1.54) is 6.07 Å². The molecule has 1 aromatic carbocycles. The summed E-state index contributed by atoms with van der Waals surface area (Å²) < 4.78 is 38.6. The molecule has 0 bridgehead atoms. The molecule has 4 amide bonds. The summed E-state index contributed by atoms with van der Waals surface area (Å²) in [5.74, 6) is -1.15. The third-order valence-corrected chi connectivity index (χ3v) is 5.61. The average Bonchev–Trinajstić information content (AvgIpc) is 3.08. The molecule has 0 saturated carbocycles. The second-order valence-corrected chi connectivity index (χ2v) is 8.08. The van der Waals surface area contributed by atoms with Crippen molar-refractivity contribution in [3.05, 3.63) is 52.6 Å². The van der Waals surface area contributed by atoms with Crippen LogP contribution in [0, 0.1) is 0 Å². The van der Waals surface area contributed by atoms with Crippen molar-refractivity contribution in [3.63, 3.8) is 0 Å². The Hall–Kier alpha value is -2.52. The molecule has 1 saturated heterocycles. The van der Waals surface area contributed by atoms with Gasteiger partial charge < -0.3 is 10.6 Å². The summed E-state index contributed by atoms with van der Waals surface area (Å²) in [5, 5.41) is 5.12. The van der Waals surface area contributed by atoms with Gasteiger partial charge in [-0.1, -0.05) is 23.7 Å². The molecule has 1 fully saturated rings. The van der Waals surface area contributed by atoms with Crippen molar-refractivity contribution in [1.82, 2.24) is 10.2 Å². The maximum atomic E-state index is 12.9. The number of halogens is 5. The maximum absolute atomic E-state index is 12.9. The number of nitrogens with one attached hydrogen (secondary N) is 2. The molecule has 2 atom stereocenters. The normalized spacial score (nSPS) is 21.5. The lowest BCUT2D eigenvalue weighted by molar-refractivity contribution is -0.137. The highest BCUT2D eigenvalue weighted by atomic mass is 35.5. The molecule has 1 aromatic rings. The van der Waals surface area contributed by atoms with Crippen molar-refractivity contribution in [2.24, 2.45) is 0 Å². The van der Waals surface area contributed by atoms with Crippen molar-refractivity contribution < 1.29 is 27.6 Å². The number of carbonyl (C=O) groups is 3. The van der Waals surface area contributed by atoms with Crippen LogP contribution in [0.5, 0.6) is 0 Å². The molecule has 11 heteroatoms. The van der Waals surface area contributed by atoms with Crippen LogP contribution in [0.3, 0.4) is 0 Å². The van der Waals surface area contributed by atoms with Crippen molar-refractivity contribution in [2.45, 2.75) is 36.9 Å². The fourth-order valence-corrected chi connectivity index (χ4v) is 3.90. The molecular weight excluding hydrogens is 458 g/mol. The molecule has 31 heavy (non-hydrogen) atoms. The summed E-state index contributed by atoms with van der Waals surface area (Å²) >= 11 is 12.1. The van der Waals surface area contributed by atoms with E-state index >= 15 is 0 Å². The Kier molecular flexibility index (Phi) is 6.96. The van der Waals surface area contributed by atoms with E-state index in [4.69, 9.17) is 23.2 Å². The van der Waals surface area contributed by atoms with Gasteiger partial charge in [0.2, 0.25) is 11.8 Å². The highest BCUT2D eigenvalue weighted by Crippen LogP contribution is 2.31. The van der Waals surface area contributed by atoms with E-state index in [0.717, 1.165) is 28.7 Å². The summed E-state index contributed by atoms with van der Waals surface area (Å²) in [5.41, 5.74) is -0.360. The van der Waals surface area contributed by atoms with Crippen LogP contribution in [-0.2, 0) is 15.8 Å². The Labute approximate surface area is 186 Å². The van der Waals surface area contributed by atoms with Crippen LogP contribution in [0.2, 0.25) is 0 Å². The van der Waals surface area contributed by atoms with Crippen LogP contribution in [0.4, 0.5) is 23.7 Å². The van der Waals surface area contributed by atoms with Gasteiger partial charge in [-0.3, -0.25) is 14.5 Å². The number of allylic oxidation sites excluding steroid dienone is 3. The Morgan fingerprint density at radius 3 is 2.65 bits per heavy atom. The number of urea groups is 1. The second-order valence-electron chi connectivity index (χ2n) is 7.07. The summed E-state index contributed by atoms with van der Waals surface area (Å²) in [6.07, 6.45) is -0.709. The Morgan fingerprint density at radius 1 is 1.23 bits per heavy atom. The van der Waals surface area contributed by atoms with Gasteiger partial charge in [-0.05, 0) is 36.3 Å². The van der Waals surface area contributed by atoms with Crippen LogP contribution in [0.1, 0.15) is 24.8 Å². The third-order valence-electron chi connectivity index (χ3n) is 4.90. The number of carbonyl (C=O) groups excluding carboxylic acids is 3. The number of hydrogen-bond donors (Lipinski definition) is 2. The third kappa shape index (κ3) is 5.59. The largest absolute Gasteiger partial charge is 0.416 e. The maximum Gasteiger partial charge on any atom is 0.416 e. The van der Waals surface area contributed by atoms with Crippen LogP contribution in [-0.4, -0.2) is 40.7 Å². The summed E-state index contributed by atoms with van der Waals surface area (Å²) in [6.45, 7) is 0.113. The zero-order chi connectivity index (χ0) is 22.8. The van der Waals surface area contributed by atoms with Gasteiger partial charge in [0.25, 0.3) is 0 Å². The number of nitrogens with zero attached hydrogens (tertiary/aromatic N) is 1. The SMILES string of the molecule is O=C(NCC1=CC=C(Cl)CC1Cl)[C@@H]1CCC(=O)N1C(=O)Nc1cccc(C(F)(F)F)c1. The number of benzene rings is 1. The van der Waals surface area contributed by atoms with Crippen LogP contribution in [0.15, 0.2) is 47.0 Å². The summed E-state index contributed by atoms with van der Waals surface area (Å²) in [7, 11) is 0. The standard InChI is InChI=1S/C20H18Cl2F3N3O3/c21-13-5-4-11(15(22)9-13)10-26-18(30)16-6-7-17(29)28(16)19(31)27-14-3-1-2-12(8-14)20(23,24)25/h1-5,8,15-16H,6-7,9-10H2,(H,26,30)(H,27,31)/t15?,16-/m0/s1. The van der Waals surface area contributed by atoms with Gasteiger partial charge in [0.1, 0.15) is 6.04 Å². The molecule has 1 unspecified atom stereocenters. The smallest absolute Gasteiger partial charge is 0.350 e. The average molecular weight is 476 g/mol. The fraction of sp³-hybridized carbons (Fsp3) is 0.350. The van der Waals surface area contributed by atoms with Gasteiger partial charge in [0.05, 0.1) is 10.9 Å². The molecule has 166 valence electrons. The zero-order valence-corrected chi connectivity index (χ0v) is 17.5. The number of rotatable bonds is 4. The van der Waals surface area contributed by atoms with Crippen molar-refractivity contribution in [2.75, 3.05) is 11.9 Å². The van der Waals surface area contributed by atoms with E-state index in [-0.39, 0.29) is 30.5 Å². The van der Waals surface area contributed by atoms with E-state index in [0.29, 0.717) is 11.5 Å². The minimum absolute atomic E-state index is 0.0345. The highest BCUT2D eigenvalue weighted by molar-refractivity contribution is 6.31. The zero-order valence-electron chi connectivity index (χ0n) is 16.0. The van der Waals surface area contributed by atoms with Gasteiger partial charge >= 0.3 is 12.2 Å². The molecule has 0 aromatic heterocycles. The van der Waals surface area contributed by atoms with Crippen LogP contribution in [0.25, 0.3) is 0 Å². The number of likely N-dealkylation sites (tertiary alicyclic amines) is 1. The monoisotopic (exact) mass is 475 g/mol. The molecule has 1 aliphatic heterocycles. The van der Waals surface area contributed by atoms with Crippen LogP contribution >= 0.6 is 23.2 Å². The Balaban J connectivity index is 1.66. The first-order chi connectivity index (χ1) is 14.6. The van der Waals surface area contributed by atoms with Gasteiger partial charge in [0.15, 0.2) is 0 Å². The first kappa shape index (κ1) is 23.1. The van der Waals surface area contributed by atoms with Gasteiger partial charge in [-0.25, -0.2) is 4.79 Å². The number of alkyl halides is 4. The van der Waals surface area contributed by atoms with E-state index < -0.39 is 35.6 Å². The highest BCUT2D eigenvalue weighted by Gasteiger charge is 2.40. The van der Waals surface area contributed by atoms with E-state index in [9.17, 15) is 27.6 Å². The van der Waals surface area contributed by atoms with Crippen molar-refractivity contribution >= 4 is 46.7 Å². The van der Waals surface area contributed by atoms with Crippen molar-refractivity contribution in [3.8, 4) is 0 Å². The van der Waals surface area contributed by atoms with Gasteiger partial charge in [-0.2, -0.15) is 13.2 Å². The first-order valence-electron chi connectivity index (χ1n) is 9.33. The van der Waals surface area contributed by atoms with Crippen LogP contribution < -0.4 is 10.6 Å². The molecule has 2 aliphatic rings. The lowest BCUT2D eigenvalue weighted by Gasteiger charge is -2.24. The van der Waals surface area contributed by atoms with E-state index in [2.05, 4.69) is 10.6 Å². The lowest BCUT2D eigenvalue weighted by atomic mass is 10.0. The summed E-state index contributed by atoms with van der Waals surface area (Å²) in [4.78, 5) is 38.1. The molecule has 0 radical (unpaired) electrons. The topological polar surface area (TPSA) is 78.5 Å². The van der Waals surface area contributed by atoms with Gasteiger partial charge in [0, 0.05) is 30.1 Å². The molecular formula is C20H18Cl2F3N3O3. The van der Waals surface area contributed by atoms with E-state index in [1.807, 2.05) is 0 Å². The number of anilines is 1. The summed E-state index contributed by atoms with van der Waals surface area (Å²) in [6, 6.07) is 1.97. The number of hydrogen-bond acceptors (Lipinski definition) is 3. The lowest BCUT2D eigenvalue weighted by Crippen LogP contribution is -2.49. The fourth-order valence-electron chi connectivity index (χ4n) is 3.29. The molecule has 6 nitrogen and oxygen atoms in total. The molecule has 1 heterocycles. The first-order valence-corrected chi connectivity index (χ1v) is 10.1. The van der Waals surface area contributed by atoms with E-state index in [1.54, 1.807) is 12.2 Å².